The largest absolute Gasteiger partial charge is 0.367 e. The lowest BCUT2D eigenvalue weighted by molar-refractivity contribution is 0.0606. The summed E-state index contributed by atoms with van der Waals surface area (Å²) in [7, 11) is -1.27. The van der Waals surface area contributed by atoms with E-state index >= 15 is 0 Å². The summed E-state index contributed by atoms with van der Waals surface area (Å²) in [6.45, 7) is 9.78. The molecule has 3 N–H and O–H groups in total. The molecular weight excluding hydrogens is 510 g/mol. The SMILES string of the molecule is CC.Cc1ccc(NS(C)=O)c(C(=O)N2CCCCC2c2cc3nc(NC4CC5CC4CN5)c(C)cn3n2)c1. The van der Waals surface area contributed by atoms with E-state index in [1.807, 2.05) is 60.6 Å². The Morgan fingerprint density at radius 2 is 1.97 bits per heavy atom. The first-order valence-corrected chi connectivity index (χ1v) is 15.8. The molecule has 3 aliphatic rings. The maximum absolute atomic E-state index is 13.8. The van der Waals surface area contributed by atoms with E-state index in [0.29, 0.717) is 35.8 Å². The molecule has 0 spiro atoms. The van der Waals surface area contributed by atoms with Crippen LogP contribution in [0.4, 0.5) is 11.5 Å². The van der Waals surface area contributed by atoms with Crippen LogP contribution in [0.5, 0.6) is 0 Å². The van der Waals surface area contributed by atoms with Gasteiger partial charge in [0.25, 0.3) is 5.91 Å². The van der Waals surface area contributed by atoms with Crippen molar-refractivity contribution < 1.29 is 9.00 Å². The number of aryl methyl sites for hydroxylation is 2. The van der Waals surface area contributed by atoms with Gasteiger partial charge in [-0.15, -0.1) is 0 Å². The Morgan fingerprint density at radius 1 is 1.15 bits per heavy atom. The predicted molar refractivity (Wildman–Crippen MR) is 157 cm³/mol. The van der Waals surface area contributed by atoms with Gasteiger partial charge in [0.15, 0.2) is 5.65 Å². The highest BCUT2D eigenvalue weighted by atomic mass is 32.2. The summed E-state index contributed by atoms with van der Waals surface area (Å²) in [6, 6.07) is 8.63. The zero-order valence-corrected chi connectivity index (χ0v) is 24.5. The third kappa shape index (κ3) is 5.68. The molecule has 1 aliphatic carbocycles. The molecule has 2 aromatic heterocycles. The number of rotatable bonds is 6. The fraction of sp³-hybridized carbons (Fsp3) is 0.552. The second-order valence-corrected chi connectivity index (χ2v) is 12.0. The fourth-order valence-electron chi connectivity index (χ4n) is 6.24. The third-order valence-electron chi connectivity index (χ3n) is 8.10. The maximum Gasteiger partial charge on any atom is 0.256 e. The van der Waals surface area contributed by atoms with E-state index in [1.54, 1.807) is 6.26 Å². The molecular formula is C29H41N7O2S. The van der Waals surface area contributed by atoms with Crippen LogP contribution in [-0.2, 0) is 11.0 Å². The van der Waals surface area contributed by atoms with E-state index in [2.05, 4.69) is 22.3 Å². The van der Waals surface area contributed by atoms with E-state index < -0.39 is 11.0 Å². The highest BCUT2D eigenvalue weighted by molar-refractivity contribution is 7.85. The van der Waals surface area contributed by atoms with Gasteiger partial charge in [-0.25, -0.2) is 13.7 Å². The number of nitrogens with one attached hydrogen (secondary N) is 3. The van der Waals surface area contributed by atoms with E-state index in [1.165, 1.54) is 6.42 Å². The lowest BCUT2D eigenvalue weighted by Gasteiger charge is -2.35. The average Bonchev–Trinajstić information content (AvgIpc) is 3.66. The minimum Gasteiger partial charge on any atom is -0.367 e. The molecule has 210 valence electrons. The Kier molecular flexibility index (Phi) is 8.23. The Morgan fingerprint density at radius 3 is 2.69 bits per heavy atom. The first kappa shape index (κ1) is 27.6. The summed E-state index contributed by atoms with van der Waals surface area (Å²) >= 11 is 0. The van der Waals surface area contributed by atoms with Gasteiger partial charge in [-0.1, -0.05) is 25.5 Å². The van der Waals surface area contributed by atoms with Crippen LogP contribution in [0.3, 0.4) is 0 Å². The number of benzene rings is 1. The van der Waals surface area contributed by atoms with Crippen LogP contribution in [0.25, 0.3) is 5.65 Å². The van der Waals surface area contributed by atoms with Crippen molar-refractivity contribution in [3.8, 4) is 0 Å². The molecule has 5 atom stereocenters. The lowest BCUT2D eigenvalue weighted by atomic mass is 9.97. The van der Waals surface area contributed by atoms with Gasteiger partial charge in [-0.3, -0.25) is 4.79 Å². The molecule has 2 bridgehead atoms. The molecule has 2 aliphatic heterocycles. The third-order valence-corrected chi connectivity index (χ3v) is 8.61. The first-order chi connectivity index (χ1) is 18.9. The monoisotopic (exact) mass is 551 g/mol. The number of hydrogen-bond donors (Lipinski definition) is 3. The number of piperidine rings is 2. The number of anilines is 2. The van der Waals surface area contributed by atoms with Gasteiger partial charge in [-0.05, 0) is 64.0 Å². The second-order valence-electron chi connectivity index (χ2n) is 10.8. The molecule has 6 rings (SSSR count). The zero-order valence-electron chi connectivity index (χ0n) is 23.7. The summed E-state index contributed by atoms with van der Waals surface area (Å²) < 4.78 is 16.7. The Balaban J connectivity index is 0.00000151. The van der Waals surface area contributed by atoms with Gasteiger partial charge in [-0.2, -0.15) is 5.10 Å². The Labute approximate surface area is 233 Å². The van der Waals surface area contributed by atoms with Crippen LogP contribution in [-0.4, -0.2) is 61.0 Å². The van der Waals surface area contributed by atoms with Gasteiger partial charge in [0.2, 0.25) is 0 Å². The van der Waals surface area contributed by atoms with Gasteiger partial charge < -0.3 is 20.3 Å². The predicted octanol–water partition coefficient (Wildman–Crippen LogP) is 4.61. The second kappa shape index (κ2) is 11.6. The molecule has 1 aromatic carbocycles. The highest BCUT2D eigenvalue weighted by Gasteiger charge is 2.39. The van der Waals surface area contributed by atoms with Crippen molar-refractivity contribution in [2.24, 2.45) is 5.92 Å². The van der Waals surface area contributed by atoms with Crippen LogP contribution in [0.1, 0.15) is 79.2 Å². The van der Waals surface area contributed by atoms with Crippen LogP contribution in [0.2, 0.25) is 0 Å². The van der Waals surface area contributed by atoms with Gasteiger partial charge in [0.05, 0.1) is 23.0 Å². The van der Waals surface area contributed by atoms with Gasteiger partial charge in [0.1, 0.15) is 16.8 Å². The van der Waals surface area contributed by atoms with Crippen LogP contribution in [0.15, 0.2) is 30.5 Å². The average molecular weight is 552 g/mol. The molecule has 9 nitrogen and oxygen atoms in total. The zero-order chi connectivity index (χ0) is 27.7. The summed E-state index contributed by atoms with van der Waals surface area (Å²) in [5, 5.41) is 12.2. The number of amides is 1. The molecule has 2 saturated heterocycles. The van der Waals surface area contributed by atoms with Crippen molar-refractivity contribution in [2.75, 3.05) is 29.4 Å². The quantitative estimate of drug-likeness (QED) is 0.414. The smallest absolute Gasteiger partial charge is 0.256 e. The maximum atomic E-state index is 13.8. The Hall–Kier alpha value is -2.98. The van der Waals surface area contributed by atoms with Crippen LogP contribution < -0.4 is 15.4 Å². The van der Waals surface area contributed by atoms with E-state index in [9.17, 15) is 9.00 Å². The molecule has 1 saturated carbocycles. The first-order valence-electron chi connectivity index (χ1n) is 14.2. The number of likely N-dealkylation sites (tertiary alicyclic amines) is 1. The summed E-state index contributed by atoms with van der Waals surface area (Å²) in [6.07, 6.45) is 8.84. The van der Waals surface area contributed by atoms with Crippen molar-refractivity contribution in [3.05, 3.63) is 52.8 Å². The summed E-state index contributed by atoms with van der Waals surface area (Å²) in [5.41, 5.74) is 4.86. The van der Waals surface area contributed by atoms with Crippen molar-refractivity contribution in [3.63, 3.8) is 0 Å². The normalized spacial score (nSPS) is 24.8. The molecule has 0 radical (unpaired) electrons. The van der Waals surface area contributed by atoms with Crippen molar-refractivity contribution in [2.45, 2.75) is 77.9 Å². The minimum absolute atomic E-state index is 0.0604. The lowest BCUT2D eigenvalue weighted by Crippen LogP contribution is -2.39. The van der Waals surface area contributed by atoms with E-state index in [0.717, 1.165) is 60.5 Å². The number of nitrogens with zero attached hydrogens (tertiary/aromatic N) is 4. The van der Waals surface area contributed by atoms with Crippen molar-refractivity contribution in [1.29, 1.82) is 0 Å². The molecule has 10 heteroatoms. The molecule has 3 fully saturated rings. The minimum atomic E-state index is -1.27. The molecule has 5 unspecified atom stereocenters. The molecule has 39 heavy (non-hydrogen) atoms. The number of fused-ring (bicyclic) bond motifs is 3. The number of hydrogen-bond acceptors (Lipinski definition) is 6. The van der Waals surface area contributed by atoms with E-state index in [4.69, 9.17) is 10.1 Å². The van der Waals surface area contributed by atoms with Crippen LogP contribution >= 0.6 is 0 Å². The molecule has 1 amide bonds. The molecule has 3 aromatic rings. The summed E-state index contributed by atoms with van der Waals surface area (Å²) in [5.74, 6) is 1.53. The van der Waals surface area contributed by atoms with Crippen molar-refractivity contribution in [1.82, 2.24) is 24.8 Å². The highest BCUT2D eigenvalue weighted by Crippen LogP contribution is 2.35. The fourth-order valence-corrected chi connectivity index (χ4v) is 6.73. The summed E-state index contributed by atoms with van der Waals surface area (Å²) in [4.78, 5) is 20.7. The van der Waals surface area contributed by atoms with Crippen molar-refractivity contribution >= 4 is 34.0 Å². The number of carbonyl (C=O) groups excluding carboxylic acids is 1. The Bertz CT molecular complexity index is 1370. The number of aromatic nitrogens is 3. The number of carbonyl (C=O) groups is 1. The van der Waals surface area contributed by atoms with E-state index in [-0.39, 0.29) is 11.9 Å². The standard InChI is InChI=1S/C27H35N7O2S.C2H6/c1-16-7-8-21(32-37(3)36)20(10-16)27(35)33-9-5-4-6-24(33)23-13-25-30-26(17(2)15-34(25)31-23)29-22-12-19-11-18(22)14-28-19;1-2/h7-8,10,13,15,18-19,22,24,28,32H,4-6,9,11-12,14H2,1-3H3,(H,29,30);1-2H3. The molecule has 4 heterocycles. The van der Waals surface area contributed by atoms with Gasteiger partial charge in [0, 0.05) is 49.3 Å². The topological polar surface area (TPSA) is 104 Å². The van der Waals surface area contributed by atoms with Gasteiger partial charge >= 0.3 is 0 Å². The van der Waals surface area contributed by atoms with Crippen LogP contribution in [0, 0.1) is 19.8 Å².